The van der Waals surface area contributed by atoms with Crippen molar-refractivity contribution in [3.63, 3.8) is 0 Å². The summed E-state index contributed by atoms with van der Waals surface area (Å²) in [7, 11) is -3.71. The lowest BCUT2D eigenvalue weighted by molar-refractivity contribution is 0.109. The van der Waals surface area contributed by atoms with Gasteiger partial charge in [0.2, 0.25) is 10.0 Å². The number of ether oxygens (including phenoxy) is 1. The average molecular weight is 365 g/mol. The van der Waals surface area contributed by atoms with Crippen LogP contribution >= 0.6 is 0 Å². The normalized spacial score (nSPS) is 21.4. The van der Waals surface area contributed by atoms with E-state index < -0.39 is 15.8 Å². The third kappa shape index (κ3) is 2.88. The number of aryl methyl sites for hydroxylation is 1. The molecule has 1 aromatic carbocycles. The Kier molecular flexibility index (Phi) is 4.13. The van der Waals surface area contributed by atoms with Crippen LogP contribution in [0.25, 0.3) is 0 Å². The molecule has 0 saturated carbocycles. The second-order valence-electron chi connectivity index (χ2n) is 6.63. The van der Waals surface area contributed by atoms with Crippen LogP contribution in [0.15, 0.2) is 23.1 Å². The van der Waals surface area contributed by atoms with E-state index >= 15 is 0 Å². The molecule has 134 valence electrons. The minimum absolute atomic E-state index is 0.0327. The van der Waals surface area contributed by atoms with E-state index in [1.165, 1.54) is 16.4 Å². The highest BCUT2D eigenvalue weighted by atomic mass is 32.2. The molecule has 1 N–H and O–H groups in total. The molecule has 1 fully saturated rings. The van der Waals surface area contributed by atoms with Gasteiger partial charge in [-0.3, -0.25) is 5.10 Å². The van der Waals surface area contributed by atoms with Crippen LogP contribution in [-0.2, 0) is 27.8 Å². The fourth-order valence-electron chi connectivity index (χ4n) is 3.63. The zero-order valence-corrected chi connectivity index (χ0v) is 14.8. The molecule has 6 nitrogen and oxygen atoms in total. The molecule has 0 amide bonds. The maximum atomic E-state index is 13.5. The van der Waals surface area contributed by atoms with Crippen LogP contribution in [-0.4, -0.2) is 42.6 Å². The fourth-order valence-corrected chi connectivity index (χ4v) is 5.37. The van der Waals surface area contributed by atoms with Crippen LogP contribution in [0.2, 0.25) is 0 Å². The number of nitrogens with zero attached hydrogens (tertiary/aromatic N) is 2. The van der Waals surface area contributed by atoms with Gasteiger partial charge in [-0.05, 0) is 31.0 Å². The molecular weight excluding hydrogens is 345 g/mol. The molecule has 4 rings (SSSR count). The zero-order chi connectivity index (χ0) is 17.6. The number of aromatic nitrogens is 2. The van der Waals surface area contributed by atoms with Crippen LogP contribution in [0.5, 0.6) is 0 Å². The van der Waals surface area contributed by atoms with Gasteiger partial charge in [-0.1, -0.05) is 6.07 Å². The Morgan fingerprint density at radius 1 is 1.40 bits per heavy atom. The second kappa shape index (κ2) is 6.19. The summed E-state index contributed by atoms with van der Waals surface area (Å²) in [5.74, 6) is -0.510. The maximum absolute atomic E-state index is 13.5. The molecule has 3 heterocycles. The van der Waals surface area contributed by atoms with Gasteiger partial charge in [0, 0.05) is 36.7 Å². The molecular formula is C17H20FN3O3S. The van der Waals surface area contributed by atoms with Crippen molar-refractivity contribution in [1.82, 2.24) is 14.5 Å². The first-order chi connectivity index (χ1) is 12.0. The minimum Gasteiger partial charge on any atom is -0.376 e. The molecule has 0 bridgehead atoms. The first-order valence-electron chi connectivity index (χ1n) is 8.37. The van der Waals surface area contributed by atoms with E-state index in [1.54, 1.807) is 6.92 Å². The van der Waals surface area contributed by atoms with E-state index in [2.05, 4.69) is 10.2 Å². The molecule has 2 aliphatic rings. The molecule has 0 radical (unpaired) electrons. The van der Waals surface area contributed by atoms with Gasteiger partial charge in [0.25, 0.3) is 0 Å². The zero-order valence-electron chi connectivity index (χ0n) is 14.0. The largest absolute Gasteiger partial charge is 0.376 e. The highest BCUT2D eigenvalue weighted by Crippen LogP contribution is 2.34. The highest BCUT2D eigenvalue weighted by molar-refractivity contribution is 7.89. The number of rotatable bonds is 3. The van der Waals surface area contributed by atoms with Crippen LogP contribution in [0.1, 0.15) is 34.9 Å². The summed E-state index contributed by atoms with van der Waals surface area (Å²) < 4.78 is 46.3. The van der Waals surface area contributed by atoms with Gasteiger partial charge in [0.15, 0.2) is 0 Å². The molecule has 0 aliphatic carbocycles. The summed E-state index contributed by atoms with van der Waals surface area (Å²) in [5, 5.41) is 7.47. The Balaban J connectivity index is 1.60. The molecule has 1 saturated heterocycles. The lowest BCUT2D eigenvalue weighted by Gasteiger charge is -2.18. The van der Waals surface area contributed by atoms with E-state index in [0.717, 1.165) is 29.4 Å². The SMILES string of the molecule is Cc1ccc(F)cc1S(=O)(=O)N1CCC(c2n[nH]c3c2COCC3)C1. The second-order valence-corrected chi connectivity index (χ2v) is 8.53. The third-order valence-electron chi connectivity index (χ3n) is 5.03. The van der Waals surface area contributed by atoms with Gasteiger partial charge < -0.3 is 4.74 Å². The van der Waals surface area contributed by atoms with Gasteiger partial charge in [-0.15, -0.1) is 0 Å². The van der Waals surface area contributed by atoms with Crippen molar-refractivity contribution in [2.45, 2.75) is 37.2 Å². The van der Waals surface area contributed by atoms with Crippen molar-refractivity contribution in [3.8, 4) is 0 Å². The first kappa shape index (κ1) is 16.7. The molecule has 8 heteroatoms. The number of halogens is 1. The van der Waals surface area contributed by atoms with E-state index in [4.69, 9.17) is 4.74 Å². The standard InChI is InChI=1S/C17H20FN3O3S/c1-11-2-3-13(18)8-16(11)25(22,23)21-6-4-12(9-21)17-14-10-24-7-5-15(14)19-20-17/h2-3,8,12H,4-7,9-10H2,1H3,(H,19,20). The summed E-state index contributed by atoms with van der Waals surface area (Å²) in [4.78, 5) is 0.0422. The predicted molar refractivity (Wildman–Crippen MR) is 89.2 cm³/mol. The lowest BCUT2D eigenvalue weighted by atomic mass is 9.98. The van der Waals surface area contributed by atoms with E-state index in [0.29, 0.717) is 38.3 Å². The Morgan fingerprint density at radius 2 is 2.24 bits per heavy atom. The fraction of sp³-hybridized carbons (Fsp3) is 0.471. The number of benzene rings is 1. The van der Waals surface area contributed by atoms with Crippen LogP contribution < -0.4 is 0 Å². The molecule has 1 atom stereocenters. The number of fused-ring (bicyclic) bond motifs is 1. The van der Waals surface area contributed by atoms with Crippen molar-refractivity contribution in [2.24, 2.45) is 0 Å². The predicted octanol–water partition coefficient (Wildman–Crippen LogP) is 2.11. The van der Waals surface area contributed by atoms with Crippen molar-refractivity contribution >= 4 is 10.0 Å². The Hall–Kier alpha value is -1.77. The average Bonchev–Trinajstić information content (AvgIpc) is 3.23. The van der Waals surface area contributed by atoms with E-state index in [9.17, 15) is 12.8 Å². The van der Waals surface area contributed by atoms with Crippen molar-refractivity contribution < 1.29 is 17.5 Å². The van der Waals surface area contributed by atoms with Crippen LogP contribution in [0.4, 0.5) is 4.39 Å². The Morgan fingerprint density at radius 3 is 3.08 bits per heavy atom. The molecule has 0 spiro atoms. The first-order valence-corrected chi connectivity index (χ1v) is 9.81. The van der Waals surface area contributed by atoms with Crippen molar-refractivity contribution in [3.05, 3.63) is 46.5 Å². The minimum atomic E-state index is -3.71. The summed E-state index contributed by atoms with van der Waals surface area (Å²) in [6, 6.07) is 3.87. The van der Waals surface area contributed by atoms with Gasteiger partial charge in [-0.25, -0.2) is 12.8 Å². The topological polar surface area (TPSA) is 75.3 Å². The number of sulfonamides is 1. The van der Waals surface area contributed by atoms with Crippen molar-refractivity contribution in [2.75, 3.05) is 19.7 Å². The number of hydrogen-bond donors (Lipinski definition) is 1. The van der Waals surface area contributed by atoms with Gasteiger partial charge in [-0.2, -0.15) is 9.40 Å². The summed E-state index contributed by atoms with van der Waals surface area (Å²) in [6.07, 6.45) is 1.50. The summed E-state index contributed by atoms with van der Waals surface area (Å²) in [5.41, 5.74) is 3.61. The van der Waals surface area contributed by atoms with Crippen LogP contribution in [0, 0.1) is 12.7 Å². The number of hydrogen-bond acceptors (Lipinski definition) is 4. The maximum Gasteiger partial charge on any atom is 0.243 e. The summed E-state index contributed by atoms with van der Waals surface area (Å²) in [6.45, 7) is 3.65. The number of H-pyrrole nitrogens is 1. The quantitative estimate of drug-likeness (QED) is 0.904. The van der Waals surface area contributed by atoms with Crippen molar-refractivity contribution in [1.29, 1.82) is 0 Å². The third-order valence-corrected chi connectivity index (χ3v) is 7.04. The highest BCUT2D eigenvalue weighted by Gasteiger charge is 2.36. The van der Waals surface area contributed by atoms with E-state index in [-0.39, 0.29) is 10.8 Å². The number of nitrogens with one attached hydrogen (secondary N) is 1. The lowest BCUT2D eigenvalue weighted by Crippen LogP contribution is -2.29. The van der Waals surface area contributed by atoms with Crippen LogP contribution in [0.3, 0.4) is 0 Å². The van der Waals surface area contributed by atoms with Gasteiger partial charge >= 0.3 is 0 Å². The molecule has 2 aromatic rings. The van der Waals surface area contributed by atoms with E-state index in [1.807, 2.05) is 0 Å². The molecule has 1 unspecified atom stereocenters. The van der Waals surface area contributed by atoms with Gasteiger partial charge in [0.1, 0.15) is 5.82 Å². The number of aromatic amines is 1. The van der Waals surface area contributed by atoms with Gasteiger partial charge in [0.05, 0.1) is 23.8 Å². The Labute approximate surface area is 146 Å². The Bertz CT molecular complexity index is 910. The smallest absolute Gasteiger partial charge is 0.243 e. The monoisotopic (exact) mass is 365 g/mol. The molecule has 25 heavy (non-hydrogen) atoms. The summed E-state index contributed by atoms with van der Waals surface area (Å²) >= 11 is 0. The molecule has 2 aliphatic heterocycles. The molecule has 1 aromatic heterocycles.